The number of ether oxygens (including phenoxy) is 1. The van der Waals surface area contributed by atoms with Crippen LogP contribution in [0.25, 0.3) is 11.1 Å². The van der Waals surface area contributed by atoms with E-state index in [-0.39, 0.29) is 6.42 Å². The summed E-state index contributed by atoms with van der Waals surface area (Å²) >= 11 is 11.9. The lowest BCUT2D eigenvalue weighted by Crippen LogP contribution is -1.95. The molecule has 0 aliphatic rings. The molecule has 1 aromatic heterocycles. The SMILES string of the molecule is COc1ncc(-c2ccc(Cl)c(Cl)c2)cc1CC#N. The number of hydrogen-bond donors (Lipinski definition) is 0. The molecule has 0 aliphatic carbocycles. The van der Waals surface area contributed by atoms with Gasteiger partial charge in [0.1, 0.15) is 0 Å². The number of nitriles is 1. The van der Waals surface area contributed by atoms with Crippen LogP contribution >= 0.6 is 23.2 Å². The molecule has 0 aliphatic heterocycles. The molecule has 0 amide bonds. The Labute approximate surface area is 121 Å². The van der Waals surface area contributed by atoms with Gasteiger partial charge in [0, 0.05) is 17.3 Å². The summed E-state index contributed by atoms with van der Waals surface area (Å²) in [7, 11) is 1.53. The van der Waals surface area contributed by atoms with Crippen molar-refractivity contribution in [1.29, 1.82) is 5.26 Å². The monoisotopic (exact) mass is 292 g/mol. The lowest BCUT2D eigenvalue weighted by Gasteiger charge is -2.08. The van der Waals surface area contributed by atoms with Gasteiger partial charge in [0.25, 0.3) is 0 Å². The highest BCUT2D eigenvalue weighted by atomic mass is 35.5. The van der Waals surface area contributed by atoms with Gasteiger partial charge in [0.05, 0.1) is 29.6 Å². The maximum Gasteiger partial charge on any atom is 0.217 e. The highest BCUT2D eigenvalue weighted by Gasteiger charge is 2.08. The predicted octanol–water partition coefficient (Wildman–Crippen LogP) is 4.13. The highest BCUT2D eigenvalue weighted by Crippen LogP contribution is 2.30. The first-order valence-electron chi connectivity index (χ1n) is 5.51. The average molecular weight is 293 g/mol. The van der Waals surface area contributed by atoms with E-state index in [0.717, 1.165) is 16.7 Å². The molecule has 0 atom stereocenters. The first-order valence-corrected chi connectivity index (χ1v) is 6.26. The molecule has 2 aromatic rings. The maximum atomic E-state index is 8.81. The van der Waals surface area contributed by atoms with Gasteiger partial charge in [-0.3, -0.25) is 0 Å². The second kappa shape index (κ2) is 5.92. The van der Waals surface area contributed by atoms with Crippen molar-refractivity contribution in [1.82, 2.24) is 4.98 Å². The molecule has 19 heavy (non-hydrogen) atoms. The summed E-state index contributed by atoms with van der Waals surface area (Å²) in [4.78, 5) is 4.19. The Morgan fingerprint density at radius 3 is 2.63 bits per heavy atom. The molecule has 0 radical (unpaired) electrons. The van der Waals surface area contributed by atoms with E-state index in [2.05, 4.69) is 11.1 Å². The molecule has 0 saturated heterocycles. The summed E-state index contributed by atoms with van der Waals surface area (Å²) in [5.41, 5.74) is 2.50. The minimum atomic E-state index is 0.241. The predicted molar refractivity (Wildman–Crippen MR) is 75.6 cm³/mol. The van der Waals surface area contributed by atoms with Crippen LogP contribution in [0.15, 0.2) is 30.5 Å². The van der Waals surface area contributed by atoms with E-state index in [1.807, 2.05) is 12.1 Å². The fourth-order valence-corrected chi connectivity index (χ4v) is 2.03. The van der Waals surface area contributed by atoms with Crippen molar-refractivity contribution in [2.24, 2.45) is 0 Å². The van der Waals surface area contributed by atoms with Crippen molar-refractivity contribution in [3.63, 3.8) is 0 Å². The molecule has 0 N–H and O–H groups in total. The Bertz CT molecular complexity index is 650. The normalized spacial score (nSPS) is 10.0. The van der Waals surface area contributed by atoms with E-state index in [1.54, 1.807) is 18.3 Å². The topological polar surface area (TPSA) is 45.9 Å². The van der Waals surface area contributed by atoms with E-state index < -0.39 is 0 Å². The molecule has 0 bridgehead atoms. The Morgan fingerprint density at radius 1 is 1.21 bits per heavy atom. The summed E-state index contributed by atoms with van der Waals surface area (Å²) in [6, 6.07) is 9.31. The number of pyridine rings is 1. The maximum absolute atomic E-state index is 8.81. The molecule has 0 unspecified atom stereocenters. The molecule has 0 fully saturated rings. The fraction of sp³-hybridized carbons (Fsp3) is 0.143. The third-order valence-corrected chi connectivity index (χ3v) is 3.38. The lowest BCUT2D eigenvalue weighted by molar-refractivity contribution is 0.394. The minimum Gasteiger partial charge on any atom is -0.481 e. The van der Waals surface area contributed by atoms with Crippen LogP contribution in [0.1, 0.15) is 5.56 Å². The van der Waals surface area contributed by atoms with Gasteiger partial charge < -0.3 is 4.74 Å². The summed E-state index contributed by atoms with van der Waals surface area (Å²) in [6.45, 7) is 0. The minimum absolute atomic E-state index is 0.241. The van der Waals surface area contributed by atoms with Crippen LogP contribution in [-0.4, -0.2) is 12.1 Å². The van der Waals surface area contributed by atoms with Gasteiger partial charge in [-0.1, -0.05) is 29.3 Å². The summed E-state index contributed by atoms with van der Waals surface area (Å²) < 4.78 is 5.12. The number of rotatable bonds is 3. The second-order valence-electron chi connectivity index (χ2n) is 3.86. The van der Waals surface area contributed by atoms with Crippen LogP contribution in [0.5, 0.6) is 5.88 Å². The average Bonchev–Trinajstić information content (AvgIpc) is 2.42. The van der Waals surface area contributed by atoms with E-state index >= 15 is 0 Å². The van der Waals surface area contributed by atoms with Crippen molar-refractivity contribution in [2.45, 2.75) is 6.42 Å². The smallest absolute Gasteiger partial charge is 0.217 e. The van der Waals surface area contributed by atoms with Crippen LogP contribution in [0.3, 0.4) is 0 Å². The van der Waals surface area contributed by atoms with Crippen LogP contribution in [0, 0.1) is 11.3 Å². The second-order valence-corrected chi connectivity index (χ2v) is 4.67. The zero-order chi connectivity index (χ0) is 13.8. The van der Waals surface area contributed by atoms with Gasteiger partial charge >= 0.3 is 0 Å². The lowest BCUT2D eigenvalue weighted by atomic mass is 10.0. The van der Waals surface area contributed by atoms with Gasteiger partial charge in [-0.2, -0.15) is 5.26 Å². The third kappa shape index (κ3) is 2.98. The molecule has 3 nitrogen and oxygen atoms in total. The molecule has 1 heterocycles. The van der Waals surface area contributed by atoms with Crippen LogP contribution in [-0.2, 0) is 6.42 Å². The van der Waals surface area contributed by atoms with Crippen molar-refractivity contribution in [3.8, 4) is 23.1 Å². The Balaban J connectivity index is 2.48. The van der Waals surface area contributed by atoms with E-state index in [0.29, 0.717) is 15.9 Å². The molecule has 2 rings (SSSR count). The zero-order valence-electron chi connectivity index (χ0n) is 10.2. The van der Waals surface area contributed by atoms with Crippen molar-refractivity contribution >= 4 is 23.2 Å². The number of hydrogen-bond acceptors (Lipinski definition) is 3. The molecular formula is C14H10Cl2N2O. The molecule has 96 valence electrons. The fourth-order valence-electron chi connectivity index (χ4n) is 1.73. The van der Waals surface area contributed by atoms with Crippen molar-refractivity contribution < 1.29 is 4.74 Å². The molecule has 1 aromatic carbocycles. The van der Waals surface area contributed by atoms with Crippen molar-refractivity contribution in [2.75, 3.05) is 7.11 Å². The largest absolute Gasteiger partial charge is 0.481 e. The van der Waals surface area contributed by atoms with E-state index in [4.69, 9.17) is 33.2 Å². The molecular weight excluding hydrogens is 283 g/mol. The quantitative estimate of drug-likeness (QED) is 0.854. The Kier molecular flexibility index (Phi) is 4.26. The van der Waals surface area contributed by atoms with Crippen LogP contribution < -0.4 is 4.74 Å². The van der Waals surface area contributed by atoms with Crippen molar-refractivity contribution in [3.05, 3.63) is 46.1 Å². The number of halogens is 2. The summed E-state index contributed by atoms with van der Waals surface area (Å²) in [5, 5.41) is 9.80. The molecule has 0 spiro atoms. The van der Waals surface area contributed by atoms with E-state index in [9.17, 15) is 0 Å². The third-order valence-electron chi connectivity index (χ3n) is 2.64. The van der Waals surface area contributed by atoms with Gasteiger partial charge in [-0.25, -0.2) is 4.98 Å². The first-order chi connectivity index (χ1) is 9.15. The zero-order valence-corrected chi connectivity index (χ0v) is 11.7. The van der Waals surface area contributed by atoms with Gasteiger partial charge in [-0.05, 0) is 23.8 Å². The summed E-state index contributed by atoms with van der Waals surface area (Å²) in [6.07, 6.45) is 1.92. The summed E-state index contributed by atoms with van der Waals surface area (Å²) in [5.74, 6) is 0.463. The number of nitrogens with zero attached hydrogens (tertiary/aromatic N) is 2. The van der Waals surface area contributed by atoms with Crippen LogP contribution in [0.2, 0.25) is 10.0 Å². The van der Waals surface area contributed by atoms with E-state index in [1.165, 1.54) is 7.11 Å². The van der Waals surface area contributed by atoms with Gasteiger partial charge in [-0.15, -0.1) is 0 Å². The number of aromatic nitrogens is 1. The number of benzene rings is 1. The first kappa shape index (κ1) is 13.7. The standard InChI is InChI=1S/C14H10Cl2N2O/c1-19-14-10(4-5-17)6-11(8-18-14)9-2-3-12(15)13(16)7-9/h2-3,6-8H,4H2,1H3. The molecule has 5 heteroatoms. The Hall–Kier alpha value is -1.76. The number of methoxy groups -OCH3 is 1. The van der Waals surface area contributed by atoms with Gasteiger partial charge in [0.15, 0.2) is 0 Å². The van der Waals surface area contributed by atoms with Crippen LogP contribution in [0.4, 0.5) is 0 Å². The van der Waals surface area contributed by atoms with Gasteiger partial charge in [0.2, 0.25) is 5.88 Å². The highest BCUT2D eigenvalue weighted by molar-refractivity contribution is 6.42. The Morgan fingerprint density at radius 2 is 2.00 bits per heavy atom. The molecule has 0 saturated carbocycles.